The Morgan fingerprint density at radius 3 is 2.48 bits per heavy atom. The van der Waals surface area contributed by atoms with Crippen LogP contribution < -0.4 is 0 Å². The molecule has 0 saturated heterocycles. The third-order valence-electron chi connectivity index (χ3n) is 4.92. The van der Waals surface area contributed by atoms with Gasteiger partial charge in [-0.3, -0.25) is 4.79 Å². The fraction of sp³-hybridized carbons (Fsp3) is 0.304. The molecular weight excluding hydrogens is 360 g/mol. The van der Waals surface area contributed by atoms with Crippen molar-refractivity contribution < 1.29 is 14.3 Å². The Morgan fingerprint density at radius 1 is 1.04 bits per heavy atom. The molecule has 140 valence electrons. The minimum absolute atomic E-state index is 0.199. The summed E-state index contributed by atoms with van der Waals surface area (Å²) in [6, 6.07) is 14.9. The second-order valence-electron chi connectivity index (χ2n) is 6.88. The number of hydrogen-bond donors (Lipinski definition) is 0. The van der Waals surface area contributed by atoms with E-state index in [9.17, 15) is 9.59 Å². The zero-order valence-corrected chi connectivity index (χ0v) is 16.0. The molecule has 0 spiro atoms. The van der Waals surface area contributed by atoms with E-state index in [1.165, 1.54) is 43.7 Å². The highest BCUT2D eigenvalue weighted by Gasteiger charge is 2.16. The monoisotopic (exact) mass is 382 g/mol. The van der Waals surface area contributed by atoms with Gasteiger partial charge in [0.1, 0.15) is 0 Å². The number of ether oxygens (including phenoxy) is 1. The number of esters is 1. The molecule has 0 atom stereocenters. The van der Waals surface area contributed by atoms with E-state index in [0.717, 1.165) is 5.56 Å². The van der Waals surface area contributed by atoms with E-state index >= 15 is 0 Å². The van der Waals surface area contributed by atoms with E-state index in [2.05, 4.69) is 0 Å². The molecule has 0 unspecified atom stereocenters. The summed E-state index contributed by atoms with van der Waals surface area (Å²) >= 11 is 5.90. The first kappa shape index (κ1) is 19.4. The first-order valence-electron chi connectivity index (χ1n) is 9.35. The number of Topliss-reactive ketones (excluding diaryl/α,β-unsaturated/α-hetero) is 1. The van der Waals surface area contributed by atoms with E-state index in [1.807, 2.05) is 30.3 Å². The van der Waals surface area contributed by atoms with E-state index in [4.69, 9.17) is 16.3 Å². The Hall–Kier alpha value is -2.39. The second kappa shape index (κ2) is 9.52. The molecule has 0 aliphatic heterocycles. The SMILES string of the molecule is O=C(/C=C/c1cccc(Cl)c1)OCC(=O)c1ccc(C2CCCCC2)cc1. The van der Waals surface area contributed by atoms with Crippen LogP contribution in [-0.2, 0) is 9.53 Å². The third-order valence-corrected chi connectivity index (χ3v) is 5.15. The molecule has 1 aliphatic rings. The molecule has 1 fully saturated rings. The maximum Gasteiger partial charge on any atom is 0.331 e. The van der Waals surface area contributed by atoms with E-state index in [1.54, 1.807) is 24.3 Å². The molecule has 0 bridgehead atoms. The Bertz CT molecular complexity index is 818. The quantitative estimate of drug-likeness (QED) is 0.359. The molecule has 27 heavy (non-hydrogen) atoms. The number of benzene rings is 2. The Labute approximate surface area is 165 Å². The van der Waals surface area contributed by atoms with Gasteiger partial charge in [0.25, 0.3) is 0 Å². The molecule has 0 amide bonds. The van der Waals surface area contributed by atoms with Gasteiger partial charge in [-0.15, -0.1) is 0 Å². The Balaban J connectivity index is 1.50. The van der Waals surface area contributed by atoms with Crippen LogP contribution in [0.25, 0.3) is 6.08 Å². The summed E-state index contributed by atoms with van der Waals surface area (Å²) < 4.78 is 5.05. The van der Waals surface area contributed by atoms with Crippen LogP contribution in [0.3, 0.4) is 0 Å². The predicted octanol–water partition coefficient (Wildman–Crippen LogP) is 5.83. The molecule has 0 radical (unpaired) electrons. The number of halogens is 1. The molecular formula is C23H23ClO3. The topological polar surface area (TPSA) is 43.4 Å². The number of rotatable bonds is 6. The maximum atomic E-state index is 12.2. The van der Waals surface area contributed by atoms with Gasteiger partial charge in [0.05, 0.1) is 0 Å². The molecule has 1 aliphatic carbocycles. The first-order chi connectivity index (χ1) is 13.1. The van der Waals surface area contributed by atoms with Gasteiger partial charge in [0.2, 0.25) is 0 Å². The number of carbonyl (C=O) groups is 2. The average Bonchev–Trinajstić information content (AvgIpc) is 2.71. The molecule has 1 saturated carbocycles. The van der Waals surface area contributed by atoms with Gasteiger partial charge in [0, 0.05) is 16.7 Å². The predicted molar refractivity (Wildman–Crippen MR) is 108 cm³/mol. The van der Waals surface area contributed by atoms with Crippen molar-refractivity contribution in [1.82, 2.24) is 0 Å². The van der Waals surface area contributed by atoms with Crippen LogP contribution >= 0.6 is 11.6 Å². The summed E-state index contributed by atoms with van der Waals surface area (Å²) in [5.74, 6) is -0.144. The molecule has 4 heteroatoms. The average molecular weight is 383 g/mol. The highest BCUT2D eigenvalue weighted by atomic mass is 35.5. The molecule has 0 N–H and O–H groups in total. The van der Waals surface area contributed by atoms with Crippen molar-refractivity contribution in [3.8, 4) is 0 Å². The van der Waals surface area contributed by atoms with Gasteiger partial charge >= 0.3 is 5.97 Å². The molecule has 0 aromatic heterocycles. The zero-order valence-electron chi connectivity index (χ0n) is 15.2. The van der Waals surface area contributed by atoms with Crippen molar-refractivity contribution in [2.24, 2.45) is 0 Å². The fourth-order valence-electron chi connectivity index (χ4n) is 3.42. The third kappa shape index (κ3) is 5.80. The lowest BCUT2D eigenvalue weighted by Crippen LogP contribution is -2.13. The van der Waals surface area contributed by atoms with Crippen LogP contribution in [0, 0.1) is 0 Å². The van der Waals surface area contributed by atoms with Crippen LogP contribution in [0.4, 0.5) is 0 Å². The zero-order chi connectivity index (χ0) is 19.1. The van der Waals surface area contributed by atoms with Gasteiger partial charge < -0.3 is 4.74 Å². The van der Waals surface area contributed by atoms with E-state index < -0.39 is 5.97 Å². The maximum absolute atomic E-state index is 12.2. The van der Waals surface area contributed by atoms with Crippen molar-refractivity contribution in [3.63, 3.8) is 0 Å². The Morgan fingerprint density at radius 2 is 1.78 bits per heavy atom. The van der Waals surface area contributed by atoms with Gasteiger partial charge in [-0.2, -0.15) is 0 Å². The number of hydrogen-bond acceptors (Lipinski definition) is 3. The summed E-state index contributed by atoms with van der Waals surface area (Å²) in [5, 5.41) is 0.595. The smallest absolute Gasteiger partial charge is 0.331 e. The van der Waals surface area contributed by atoms with Gasteiger partial charge in [0.15, 0.2) is 12.4 Å². The van der Waals surface area contributed by atoms with Crippen LogP contribution in [0.1, 0.15) is 59.5 Å². The number of ketones is 1. The summed E-state index contributed by atoms with van der Waals surface area (Å²) in [6.07, 6.45) is 9.24. The van der Waals surface area contributed by atoms with Gasteiger partial charge in [-0.1, -0.05) is 67.3 Å². The highest BCUT2D eigenvalue weighted by molar-refractivity contribution is 6.30. The van der Waals surface area contributed by atoms with Crippen molar-refractivity contribution >= 4 is 29.4 Å². The molecule has 2 aromatic rings. The van der Waals surface area contributed by atoms with Gasteiger partial charge in [-0.25, -0.2) is 4.79 Å². The van der Waals surface area contributed by atoms with Crippen molar-refractivity contribution in [3.05, 3.63) is 76.3 Å². The summed E-state index contributed by atoms with van der Waals surface area (Å²) in [4.78, 5) is 24.0. The summed E-state index contributed by atoms with van der Waals surface area (Å²) in [5.41, 5.74) is 2.66. The highest BCUT2D eigenvalue weighted by Crippen LogP contribution is 2.32. The minimum Gasteiger partial charge on any atom is -0.454 e. The largest absolute Gasteiger partial charge is 0.454 e. The summed E-state index contributed by atoms with van der Waals surface area (Å²) in [7, 11) is 0. The fourth-order valence-corrected chi connectivity index (χ4v) is 3.62. The standard InChI is InChI=1S/C23H23ClO3/c24-21-8-4-5-17(15-21)9-14-23(26)27-16-22(25)20-12-10-19(11-13-20)18-6-2-1-3-7-18/h4-5,8-15,18H,1-3,6-7,16H2/b14-9+. The van der Waals surface area contributed by atoms with Crippen LogP contribution in [0.2, 0.25) is 5.02 Å². The summed E-state index contributed by atoms with van der Waals surface area (Å²) in [6.45, 7) is -0.262. The van der Waals surface area contributed by atoms with Crippen LogP contribution in [-0.4, -0.2) is 18.4 Å². The lowest BCUT2D eigenvalue weighted by molar-refractivity contribution is -0.136. The molecule has 0 heterocycles. The van der Waals surface area contributed by atoms with Crippen molar-refractivity contribution in [1.29, 1.82) is 0 Å². The van der Waals surface area contributed by atoms with Crippen molar-refractivity contribution in [2.75, 3.05) is 6.61 Å². The van der Waals surface area contributed by atoms with Crippen molar-refractivity contribution in [2.45, 2.75) is 38.0 Å². The molecule has 3 rings (SSSR count). The normalized spacial score (nSPS) is 15.0. The Kier molecular flexibility index (Phi) is 6.83. The first-order valence-corrected chi connectivity index (χ1v) is 9.73. The lowest BCUT2D eigenvalue weighted by Gasteiger charge is -2.22. The lowest BCUT2D eigenvalue weighted by atomic mass is 9.84. The van der Waals surface area contributed by atoms with Crippen LogP contribution in [0.5, 0.6) is 0 Å². The second-order valence-corrected chi connectivity index (χ2v) is 7.31. The minimum atomic E-state index is -0.554. The number of carbonyl (C=O) groups excluding carboxylic acids is 2. The molecule has 3 nitrogen and oxygen atoms in total. The van der Waals surface area contributed by atoms with Gasteiger partial charge in [-0.05, 0) is 48.1 Å². The van der Waals surface area contributed by atoms with E-state index in [0.29, 0.717) is 16.5 Å². The molecule has 2 aromatic carbocycles. The van der Waals surface area contributed by atoms with Crippen LogP contribution in [0.15, 0.2) is 54.6 Å². The van der Waals surface area contributed by atoms with E-state index in [-0.39, 0.29) is 12.4 Å².